The van der Waals surface area contributed by atoms with Gasteiger partial charge in [0.15, 0.2) is 5.65 Å². The molecule has 1 fully saturated rings. The van der Waals surface area contributed by atoms with Crippen LogP contribution in [0.25, 0.3) is 16.7 Å². The molecule has 0 unspecified atom stereocenters. The molecular weight excluding hydrogens is 342 g/mol. The van der Waals surface area contributed by atoms with Crippen molar-refractivity contribution in [2.45, 2.75) is 31.6 Å². The first-order chi connectivity index (χ1) is 13.2. The van der Waals surface area contributed by atoms with Gasteiger partial charge in [-0.15, -0.1) is 0 Å². The van der Waals surface area contributed by atoms with Crippen molar-refractivity contribution in [3.8, 4) is 5.69 Å². The fourth-order valence-electron chi connectivity index (χ4n) is 3.60. The average molecular weight is 359 g/mol. The molecule has 1 saturated carbocycles. The number of pyridine rings is 1. The van der Waals surface area contributed by atoms with E-state index in [4.69, 9.17) is 4.98 Å². The lowest BCUT2D eigenvalue weighted by molar-refractivity contribution is 0.319. The van der Waals surface area contributed by atoms with Gasteiger partial charge in [0.25, 0.3) is 5.56 Å². The van der Waals surface area contributed by atoms with Gasteiger partial charge in [-0.2, -0.15) is 5.10 Å². The van der Waals surface area contributed by atoms with Crippen molar-refractivity contribution in [1.82, 2.24) is 34.7 Å². The van der Waals surface area contributed by atoms with Crippen LogP contribution in [0.15, 0.2) is 47.9 Å². The first kappa shape index (κ1) is 15.8. The molecule has 27 heavy (non-hydrogen) atoms. The predicted octanol–water partition coefficient (Wildman–Crippen LogP) is 2.26. The van der Waals surface area contributed by atoms with E-state index < -0.39 is 0 Å². The lowest BCUT2D eigenvalue weighted by Gasteiger charge is -2.34. The molecule has 4 heterocycles. The molecule has 0 amide bonds. The summed E-state index contributed by atoms with van der Waals surface area (Å²) in [6.07, 6.45) is 10.4. The van der Waals surface area contributed by atoms with Crippen molar-refractivity contribution in [3.05, 3.63) is 70.7 Å². The third-order valence-electron chi connectivity index (χ3n) is 5.24. The third kappa shape index (κ3) is 2.52. The quantitative estimate of drug-likeness (QED) is 0.602. The van der Waals surface area contributed by atoms with Gasteiger partial charge in [0.1, 0.15) is 17.0 Å². The highest BCUT2D eigenvalue weighted by molar-refractivity contribution is 5.75. The Morgan fingerprint density at radius 2 is 1.93 bits per heavy atom. The van der Waals surface area contributed by atoms with E-state index in [0.717, 1.165) is 29.9 Å². The van der Waals surface area contributed by atoms with Crippen molar-refractivity contribution in [3.63, 3.8) is 0 Å². The lowest BCUT2D eigenvalue weighted by atomic mass is 9.72. The maximum absolute atomic E-state index is 12.6. The fourth-order valence-corrected chi connectivity index (χ4v) is 3.60. The second kappa shape index (κ2) is 6.08. The Hall–Kier alpha value is -3.42. The molecule has 4 aromatic heterocycles. The molecule has 8 heteroatoms. The molecule has 0 radical (unpaired) electrons. The zero-order valence-electron chi connectivity index (χ0n) is 14.7. The van der Waals surface area contributed by atoms with Crippen LogP contribution >= 0.6 is 0 Å². The number of rotatable bonds is 3. The topological polar surface area (TPSA) is 102 Å². The maximum atomic E-state index is 12.6. The Morgan fingerprint density at radius 3 is 2.67 bits per heavy atom. The molecule has 0 bridgehead atoms. The molecule has 1 aliphatic carbocycles. The van der Waals surface area contributed by atoms with Crippen LogP contribution in [-0.4, -0.2) is 34.7 Å². The number of aryl methyl sites for hydroxylation is 1. The van der Waals surface area contributed by atoms with Crippen LogP contribution in [0.1, 0.15) is 41.9 Å². The molecule has 0 aromatic carbocycles. The summed E-state index contributed by atoms with van der Waals surface area (Å²) in [5.41, 5.74) is 2.19. The summed E-state index contributed by atoms with van der Waals surface area (Å²) in [6.45, 7) is 1.98. The van der Waals surface area contributed by atoms with Gasteiger partial charge in [-0.1, -0.05) is 0 Å². The SMILES string of the molecule is Cc1ccncc1-n1ncc2c(=O)[nH]c([C@H]3CC[C@@H]3c3ncccn3)nc21. The summed E-state index contributed by atoms with van der Waals surface area (Å²) in [5.74, 6) is 1.73. The van der Waals surface area contributed by atoms with Gasteiger partial charge < -0.3 is 4.98 Å². The van der Waals surface area contributed by atoms with Gasteiger partial charge in [-0.05, 0) is 37.5 Å². The normalized spacial score (nSPS) is 19.1. The first-order valence-corrected chi connectivity index (χ1v) is 8.88. The van der Waals surface area contributed by atoms with E-state index in [1.54, 1.807) is 41.7 Å². The standard InChI is InChI=1S/C19H17N7O/c1-11-5-8-20-10-15(11)26-18-14(9-23-26)19(27)25-17(24-18)13-4-3-12(13)16-21-6-2-7-22-16/h2,5-10,12-13H,3-4H2,1H3,(H,24,25,27)/t12-,13-/m0/s1. The summed E-state index contributed by atoms with van der Waals surface area (Å²) in [6, 6.07) is 3.71. The molecule has 5 rings (SSSR count). The van der Waals surface area contributed by atoms with Crippen LogP contribution in [0.2, 0.25) is 0 Å². The van der Waals surface area contributed by atoms with E-state index in [-0.39, 0.29) is 17.4 Å². The molecule has 1 aliphatic rings. The zero-order valence-corrected chi connectivity index (χ0v) is 14.7. The van der Waals surface area contributed by atoms with Crippen LogP contribution in [0.3, 0.4) is 0 Å². The van der Waals surface area contributed by atoms with Crippen LogP contribution in [-0.2, 0) is 0 Å². The largest absolute Gasteiger partial charge is 0.310 e. The molecule has 4 aromatic rings. The molecule has 0 saturated heterocycles. The third-order valence-corrected chi connectivity index (χ3v) is 5.24. The number of hydrogen-bond acceptors (Lipinski definition) is 6. The zero-order chi connectivity index (χ0) is 18.4. The van der Waals surface area contributed by atoms with Gasteiger partial charge in [0.2, 0.25) is 0 Å². The minimum atomic E-state index is -0.178. The van der Waals surface area contributed by atoms with Crippen molar-refractivity contribution in [2.24, 2.45) is 0 Å². The molecule has 8 nitrogen and oxygen atoms in total. The van der Waals surface area contributed by atoms with E-state index in [9.17, 15) is 4.79 Å². The summed E-state index contributed by atoms with van der Waals surface area (Å²) >= 11 is 0. The number of H-pyrrole nitrogens is 1. The van der Waals surface area contributed by atoms with E-state index in [2.05, 4.69) is 25.0 Å². The van der Waals surface area contributed by atoms with Gasteiger partial charge in [-0.25, -0.2) is 19.6 Å². The Morgan fingerprint density at radius 1 is 1.11 bits per heavy atom. The monoisotopic (exact) mass is 359 g/mol. The average Bonchev–Trinajstić information content (AvgIpc) is 3.06. The summed E-state index contributed by atoms with van der Waals surface area (Å²) in [7, 11) is 0. The predicted molar refractivity (Wildman–Crippen MR) is 98.8 cm³/mol. The van der Waals surface area contributed by atoms with Crippen molar-refractivity contribution in [1.29, 1.82) is 0 Å². The second-order valence-corrected chi connectivity index (χ2v) is 6.80. The van der Waals surface area contributed by atoms with Gasteiger partial charge in [-0.3, -0.25) is 9.78 Å². The van der Waals surface area contributed by atoms with Crippen molar-refractivity contribution in [2.75, 3.05) is 0 Å². The molecule has 2 atom stereocenters. The van der Waals surface area contributed by atoms with E-state index in [1.165, 1.54) is 0 Å². The fraction of sp³-hybridized carbons (Fsp3) is 0.263. The van der Waals surface area contributed by atoms with Gasteiger partial charge in [0, 0.05) is 30.4 Å². The number of nitrogens with zero attached hydrogens (tertiary/aromatic N) is 6. The lowest BCUT2D eigenvalue weighted by Crippen LogP contribution is -2.27. The van der Waals surface area contributed by atoms with Crippen molar-refractivity contribution >= 4 is 11.0 Å². The van der Waals surface area contributed by atoms with E-state index in [1.807, 2.05) is 13.0 Å². The highest BCUT2D eigenvalue weighted by Gasteiger charge is 2.37. The number of aromatic amines is 1. The van der Waals surface area contributed by atoms with Crippen LogP contribution < -0.4 is 5.56 Å². The first-order valence-electron chi connectivity index (χ1n) is 8.88. The second-order valence-electron chi connectivity index (χ2n) is 6.80. The maximum Gasteiger partial charge on any atom is 0.262 e. The van der Waals surface area contributed by atoms with Crippen LogP contribution in [0.5, 0.6) is 0 Å². The van der Waals surface area contributed by atoms with E-state index in [0.29, 0.717) is 16.9 Å². The summed E-state index contributed by atoms with van der Waals surface area (Å²) < 4.78 is 1.68. The summed E-state index contributed by atoms with van der Waals surface area (Å²) in [4.78, 5) is 33.3. The van der Waals surface area contributed by atoms with Gasteiger partial charge in [0.05, 0.1) is 18.1 Å². The molecule has 134 valence electrons. The number of nitrogens with one attached hydrogen (secondary N) is 1. The highest BCUT2D eigenvalue weighted by atomic mass is 16.1. The highest BCUT2D eigenvalue weighted by Crippen LogP contribution is 2.46. The number of aromatic nitrogens is 7. The van der Waals surface area contributed by atoms with Crippen LogP contribution in [0, 0.1) is 6.92 Å². The summed E-state index contributed by atoms with van der Waals surface area (Å²) in [5, 5.41) is 4.84. The molecule has 1 N–H and O–H groups in total. The van der Waals surface area contributed by atoms with Crippen molar-refractivity contribution < 1.29 is 0 Å². The van der Waals surface area contributed by atoms with E-state index >= 15 is 0 Å². The number of fused-ring (bicyclic) bond motifs is 1. The minimum absolute atomic E-state index is 0.0999. The Kier molecular flexibility index (Phi) is 3.56. The smallest absolute Gasteiger partial charge is 0.262 e. The Bertz CT molecular complexity index is 1180. The Balaban J connectivity index is 1.62. The number of hydrogen-bond donors (Lipinski definition) is 1. The molecule has 0 spiro atoms. The molecule has 0 aliphatic heterocycles. The molecular formula is C19H17N7O. The van der Waals surface area contributed by atoms with Crippen LogP contribution in [0.4, 0.5) is 0 Å². The minimum Gasteiger partial charge on any atom is -0.310 e. The Labute approximate surface area is 154 Å². The van der Waals surface area contributed by atoms with Gasteiger partial charge >= 0.3 is 0 Å².